The smallest absolute Gasteiger partial charge is 0.272 e. The first-order chi connectivity index (χ1) is 11.8. The van der Waals surface area contributed by atoms with Crippen molar-refractivity contribution in [1.29, 1.82) is 0 Å². The minimum atomic E-state index is -2.98. The molecule has 1 aliphatic heterocycles. The van der Waals surface area contributed by atoms with Crippen LogP contribution in [0.4, 0.5) is 5.82 Å². The van der Waals surface area contributed by atoms with Crippen LogP contribution in [0.3, 0.4) is 0 Å². The van der Waals surface area contributed by atoms with Crippen molar-refractivity contribution in [2.45, 2.75) is 46.1 Å². The Balaban J connectivity index is 2.26. The van der Waals surface area contributed by atoms with E-state index in [1.807, 2.05) is 11.8 Å². The zero-order valence-corrected chi connectivity index (χ0v) is 16.3. The lowest BCUT2D eigenvalue weighted by Gasteiger charge is -2.28. The van der Waals surface area contributed by atoms with Crippen LogP contribution in [-0.2, 0) is 9.84 Å². The second-order valence-corrected chi connectivity index (χ2v) is 8.81. The fraction of sp³-hybridized carbons (Fsp3) is 0.706. The van der Waals surface area contributed by atoms with Crippen molar-refractivity contribution in [3.05, 3.63) is 17.6 Å². The average Bonchev–Trinajstić information content (AvgIpc) is 2.91. The van der Waals surface area contributed by atoms with Gasteiger partial charge in [0, 0.05) is 32.2 Å². The van der Waals surface area contributed by atoms with E-state index in [1.54, 1.807) is 24.9 Å². The van der Waals surface area contributed by atoms with E-state index in [2.05, 4.69) is 16.9 Å². The molecule has 0 N–H and O–H groups in total. The molecular formula is C17H28N4O3S. The molecular weight excluding hydrogens is 340 g/mol. The highest BCUT2D eigenvalue weighted by molar-refractivity contribution is 7.91. The minimum absolute atomic E-state index is 0.0925. The van der Waals surface area contributed by atoms with Gasteiger partial charge in [-0.3, -0.25) is 4.79 Å². The maximum Gasteiger partial charge on any atom is 0.272 e. The van der Waals surface area contributed by atoms with Gasteiger partial charge in [-0.1, -0.05) is 13.3 Å². The molecule has 1 unspecified atom stereocenters. The molecule has 0 radical (unpaired) electrons. The normalized spacial score (nSPS) is 19.0. The van der Waals surface area contributed by atoms with E-state index in [0.717, 1.165) is 12.8 Å². The molecule has 2 rings (SSSR count). The number of sulfone groups is 1. The van der Waals surface area contributed by atoms with Crippen molar-refractivity contribution in [3.63, 3.8) is 0 Å². The molecule has 0 saturated carbocycles. The molecule has 1 aromatic rings. The summed E-state index contributed by atoms with van der Waals surface area (Å²) in [7, 11) is -1.21. The van der Waals surface area contributed by atoms with Gasteiger partial charge < -0.3 is 9.80 Å². The predicted molar refractivity (Wildman–Crippen MR) is 98.7 cm³/mol. The van der Waals surface area contributed by atoms with Gasteiger partial charge in [-0.2, -0.15) is 0 Å². The van der Waals surface area contributed by atoms with Gasteiger partial charge in [-0.25, -0.2) is 18.4 Å². The van der Waals surface area contributed by atoms with Crippen LogP contribution in [0.1, 0.15) is 49.4 Å². The summed E-state index contributed by atoms with van der Waals surface area (Å²) in [6, 6.07) is 1.59. The third-order valence-electron chi connectivity index (χ3n) is 4.52. The van der Waals surface area contributed by atoms with Crippen molar-refractivity contribution < 1.29 is 13.2 Å². The van der Waals surface area contributed by atoms with Gasteiger partial charge in [0.05, 0.1) is 11.5 Å². The largest absolute Gasteiger partial charge is 0.353 e. The van der Waals surface area contributed by atoms with Gasteiger partial charge in [-0.15, -0.1) is 0 Å². The molecule has 1 aliphatic rings. The first-order valence-corrected chi connectivity index (χ1v) is 10.7. The second kappa shape index (κ2) is 8.12. The number of carbonyl (C=O) groups is 1. The summed E-state index contributed by atoms with van der Waals surface area (Å²) in [5, 5.41) is 0. The van der Waals surface area contributed by atoms with Gasteiger partial charge in [-0.05, 0) is 26.7 Å². The highest BCUT2D eigenvalue weighted by Gasteiger charge is 2.32. The molecule has 1 saturated heterocycles. The van der Waals surface area contributed by atoms with E-state index in [9.17, 15) is 13.2 Å². The van der Waals surface area contributed by atoms with Gasteiger partial charge in [0.15, 0.2) is 9.84 Å². The molecule has 2 heterocycles. The quantitative estimate of drug-likeness (QED) is 0.728. The summed E-state index contributed by atoms with van der Waals surface area (Å²) in [5.41, 5.74) is 0.361. The molecule has 0 spiro atoms. The molecule has 8 heteroatoms. The molecule has 1 amide bonds. The number of carbonyl (C=O) groups excluding carboxylic acids is 1. The molecule has 140 valence electrons. The first-order valence-electron chi connectivity index (χ1n) is 8.85. The summed E-state index contributed by atoms with van der Waals surface area (Å²) >= 11 is 0. The van der Waals surface area contributed by atoms with Crippen LogP contribution in [0.2, 0.25) is 0 Å². The highest BCUT2D eigenvalue weighted by Crippen LogP contribution is 2.23. The van der Waals surface area contributed by atoms with E-state index < -0.39 is 9.84 Å². The van der Waals surface area contributed by atoms with E-state index in [-0.39, 0.29) is 23.5 Å². The molecule has 1 aromatic heterocycles. The lowest BCUT2D eigenvalue weighted by molar-refractivity contribution is 0.0787. The lowest BCUT2D eigenvalue weighted by atomic mass is 10.2. The maximum absolute atomic E-state index is 12.6. The zero-order chi connectivity index (χ0) is 18.6. The molecule has 7 nitrogen and oxygen atoms in total. The van der Waals surface area contributed by atoms with Crippen molar-refractivity contribution in [2.24, 2.45) is 0 Å². The first kappa shape index (κ1) is 19.6. The van der Waals surface area contributed by atoms with Gasteiger partial charge in [0.25, 0.3) is 5.91 Å². The molecule has 0 aliphatic carbocycles. The molecule has 0 bridgehead atoms. The number of hydrogen-bond acceptors (Lipinski definition) is 6. The molecule has 1 atom stereocenters. The van der Waals surface area contributed by atoms with Crippen LogP contribution in [0.5, 0.6) is 0 Å². The Morgan fingerprint density at radius 3 is 2.60 bits per heavy atom. The lowest BCUT2D eigenvalue weighted by Crippen LogP contribution is -2.37. The van der Waals surface area contributed by atoms with Gasteiger partial charge >= 0.3 is 0 Å². The van der Waals surface area contributed by atoms with E-state index >= 15 is 0 Å². The predicted octanol–water partition coefficient (Wildman–Crippen LogP) is 1.67. The van der Waals surface area contributed by atoms with Gasteiger partial charge in [0.2, 0.25) is 0 Å². The topological polar surface area (TPSA) is 83.5 Å². The van der Waals surface area contributed by atoms with Crippen LogP contribution < -0.4 is 4.90 Å². The van der Waals surface area contributed by atoms with Crippen molar-refractivity contribution in [2.75, 3.05) is 36.5 Å². The summed E-state index contributed by atoms with van der Waals surface area (Å²) in [4.78, 5) is 25.0. The van der Waals surface area contributed by atoms with Crippen LogP contribution in [0, 0.1) is 6.92 Å². The summed E-state index contributed by atoms with van der Waals surface area (Å²) in [5.74, 6) is 1.37. The number of nitrogens with zero attached hydrogens (tertiary/aromatic N) is 4. The van der Waals surface area contributed by atoms with Crippen LogP contribution in [0.25, 0.3) is 0 Å². The van der Waals surface area contributed by atoms with Crippen molar-refractivity contribution in [1.82, 2.24) is 14.9 Å². The Hall–Kier alpha value is -1.70. The zero-order valence-electron chi connectivity index (χ0n) is 15.5. The Morgan fingerprint density at radius 1 is 1.32 bits per heavy atom. The third-order valence-corrected chi connectivity index (χ3v) is 6.27. The van der Waals surface area contributed by atoms with Gasteiger partial charge in [0.1, 0.15) is 17.3 Å². The minimum Gasteiger partial charge on any atom is -0.353 e. The fourth-order valence-corrected chi connectivity index (χ4v) is 4.86. The Labute approximate surface area is 150 Å². The SMILES string of the molecule is CCCCN(C)C(=O)c1cc(N(CC)C2CCS(=O)(=O)C2)nc(C)n1. The second-order valence-electron chi connectivity index (χ2n) is 6.58. The van der Waals surface area contributed by atoms with E-state index in [4.69, 9.17) is 0 Å². The number of rotatable bonds is 7. The standard InChI is InChI=1S/C17H28N4O3S/c1-5-7-9-20(4)17(22)15-11-16(19-13(3)18-15)21(6-2)14-8-10-25(23,24)12-14/h11,14H,5-10,12H2,1-4H3. The van der Waals surface area contributed by atoms with Crippen molar-refractivity contribution in [3.8, 4) is 0 Å². The monoisotopic (exact) mass is 368 g/mol. The number of hydrogen-bond donors (Lipinski definition) is 0. The van der Waals surface area contributed by atoms with Crippen LogP contribution in [0.15, 0.2) is 6.07 Å². The maximum atomic E-state index is 12.6. The van der Waals surface area contributed by atoms with Crippen LogP contribution >= 0.6 is 0 Å². The summed E-state index contributed by atoms with van der Waals surface area (Å²) in [6.45, 7) is 7.13. The third kappa shape index (κ3) is 4.90. The number of aryl methyl sites for hydroxylation is 1. The highest BCUT2D eigenvalue weighted by atomic mass is 32.2. The molecule has 25 heavy (non-hydrogen) atoms. The van der Waals surface area contributed by atoms with E-state index in [1.165, 1.54) is 0 Å². The van der Waals surface area contributed by atoms with Crippen molar-refractivity contribution >= 4 is 21.6 Å². The Kier molecular flexibility index (Phi) is 6.37. The Morgan fingerprint density at radius 2 is 2.04 bits per heavy atom. The molecule has 1 fully saturated rings. The number of amides is 1. The number of unbranched alkanes of at least 4 members (excludes halogenated alkanes) is 1. The average molecular weight is 369 g/mol. The molecule has 0 aromatic carbocycles. The van der Waals surface area contributed by atoms with E-state index in [0.29, 0.717) is 36.8 Å². The fourth-order valence-electron chi connectivity index (χ4n) is 3.13. The number of aromatic nitrogens is 2. The summed E-state index contributed by atoms with van der Waals surface area (Å²) < 4.78 is 23.6. The summed E-state index contributed by atoms with van der Waals surface area (Å²) in [6.07, 6.45) is 2.56. The number of anilines is 1. The van der Waals surface area contributed by atoms with Crippen LogP contribution in [-0.4, -0.2) is 66.9 Å². The Bertz CT molecular complexity index is 721.